The zero-order chi connectivity index (χ0) is 30.1. The van der Waals surface area contributed by atoms with E-state index in [1.165, 1.54) is 45.4 Å². The van der Waals surface area contributed by atoms with Gasteiger partial charge in [0.1, 0.15) is 11.5 Å². The molecule has 236 valence electrons. The molecule has 0 aromatic carbocycles. The standard InChI is InChI=1S/C35H54O7/c1-20(36)40-28(31(4,5)38)24-10-8-22-25(41-24)16-23-21-9-11-26-30(2,3)27(42-29(37)32(6)18-39-19-32)12-13-35(26)17-34(21,35)15-14-33(22,23)7/h21-28,38H,8-19H2,1-7H3/t21?,22?,23?,24?,25?,26?,27-,28-,33?,34-,35?/m0/s1. The minimum Gasteiger partial charge on any atom is -0.461 e. The van der Waals surface area contributed by atoms with E-state index in [4.69, 9.17) is 18.9 Å². The first-order chi connectivity index (χ1) is 19.6. The molecule has 0 bridgehead atoms. The second-order valence-electron chi connectivity index (χ2n) is 17.5. The van der Waals surface area contributed by atoms with Gasteiger partial charge in [0, 0.05) is 12.3 Å². The van der Waals surface area contributed by atoms with Crippen LogP contribution in [-0.2, 0) is 28.5 Å². The van der Waals surface area contributed by atoms with Crippen LogP contribution in [0.2, 0.25) is 0 Å². The Hall–Kier alpha value is -1.18. The van der Waals surface area contributed by atoms with E-state index in [1.54, 1.807) is 13.8 Å². The third kappa shape index (κ3) is 3.93. The first kappa shape index (κ1) is 29.5. The minimum atomic E-state index is -1.15. The SMILES string of the molecule is CC(=O)O[C@@H](C1CCC2C(CC3C4CCC5C(C)(C)[C@@H](OC(=O)C6(C)COC6)CCC56C[C@@]46CCC23C)O1)C(C)(C)O. The van der Waals surface area contributed by atoms with Crippen LogP contribution < -0.4 is 0 Å². The largest absolute Gasteiger partial charge is 0.461 e. The Kier molecular flexibility index (Phi) is 6.46. The summed E-state index contributed by atoms with van der Waals surface area (Å²) in [5.41, 5.74) is -0.525. The Balaban J connectivity index is 1.09. The fourth-order valence-corrected chi connectivity index (χ4v) is 12.3. The normalized spacial score (nSPS) is 48.6. The average molecular weight is 587 g/mol. The van der Waals surface area contributed by atoms with Gasteiger partial charge in [0.05, 0.1) is 31.0 Å². The second-order valence-corrected chi connectivity index (χ2v) is 17.5. The van der Waals surface area contributed by atoms with E-state index in [2.05, 4.69) is 20.8 Å². The molecule has 11 atom stereocenters. The van der Waals surface area contributed by atoms with E-state index < -0.39 is 17.1 Å². The van der Waals surface area contributed by atoms with Gasteiger partial charge < -0.3 is 24.1 Å². The highest BCUT2D eigenvalue weighted by Crippen LogP contribution is 2.87. The van der Waals surface area contributed by atoms with E-state index in [-0.39, 0.29) is 41.1 Å². The number of esters is 2. The van der Waals surface area contributed by atoms with Crippen molar-refractivity contribution < 1.29 is 33.6 Å². The van der Waals surface area contributed by atoms with E-state index in [0.717, 1.165) is 31.6 Å². The fraction of sp³-hybridized carbons (Fsp3) is 0.943. The summed E-state index contributed by atoms with van der Waals surface area (Å²) in [6.07, 6.45) is 10.9. The van der Waals surface area contributed by atoms with Gasteiger partial charge in [-0.2, -0.15) is 0 Å². The summed E-state index contributed by atoms with van der Waals surface area (Å²) >= 11 is 0. The molecule has 2 saturated heterocycles. The van der Waals surface area contributed by atoms with Crippen LogP contribution in [-0.4, -0.2) is 60.3 Å². The molecule has 2 spiro atoms. The van der Waals surface area contributed by atoms with Crippen molar-refractivity contribution in [3.63, 3.8) is 0 Å². The highest BCUT2D eigenvalue weighted by Gasteiger charge is 2.81. The third-order valence-electron chi connectivity index (χ3n) is 14.5. The van der Waals surface area contributed by atoms with Gasteiger partial charge in [-0.15, -0.1) is 0 Å². The number of carbonyl (C=O) groups excluding carboxylic acids is 2. The summed E-state index contributed by atoms with van der Waals surface area (Å²) in [7, 11) is 0. The second kappa shape index (κ2) is 9.19. The maximum Gasteiger partial charge on any atom is 0.316 e. The smallest absolute Gasteiger partial charge is 0.316 e. The quantitative estimate of drug-likeness (QED) is 0.405. The van der Waals surface area contributed by atoms with Gasteiger partial charge >= 0.3 is 11.9 Å². The molecule has 1 N–H and O–H groups in total. The molecular formula is C35H54O7. The lowest BCUT2D eigenvalue weighted by atomic mass is 9.46. The highest BCUT2D eigenvalue weighted by atomic mass is 16.6. The Morgan fingerprint density at radius 2 is 1.62 bits per heavy atom. The Morgan fingerprint density at radius 3 is 2.26 bits per heavy atom. The molecule has 2 heterocycles. The summed E-state index contributed by atoms with van der Waals surface area (Å²) in [5.74, 6) is 2.10. The van der Waals surface area contributed by atoms with Crippen molar-refractivity contribution in [1.29, 1.82) is 0 Å². The Labute approximate surface area is 252 Å². The van der Waals surface area contributed by atoms with Gasteiger partial charge in [-0.25, -0.2) is 0 Å². The van der Waals surface area contributed by atoms with Crippen LogP contribution in [0, 0.1) is 50.7 Å². The van der Waals surface area contributed by atoms with Crippen molar-refractivity contribution in [2.75, 3.05) is 13.2 Å². The van der Waals surface area contributed by atoms with Crippen LogP contribution in [0.1, 0.15) is 113 Å². The predicted molar refractivity (Wildman–Crippen MR) is 156 cm³/mol. The lowest BCUT2D eigenvalue weighted by molar-refractivity contribution is -0.205. The summed E-state index contributed by atoms with van der Waals surface area (Å²) in [5, 5.41) is 10.9. The average Bonchev–Trinajstić information content (AvgIpc) is 3.46. The zero-order valence-electron chi connectivity index (χ0n) is 27.0. The van der Waals surface area contributed by atoms with E-state index in [0.29, 0.717) is 41.8 Å². The summed E-state index contributed by atoms with van der Waals surface area (Å²) in [4.78, 5) is 25.0. The molecule has 7 heteroatoms. The van der Waals surface area contributed by atoms with Crippen molar-refractivity contribution in [2.24, 2.45) is 50.7 Å². The van der Waals surface area contributed by atoms with Crippen LogP contribution in [0.5, 0.6) is 0 Å². The molecule has 2 aliphatic heterocycles. The molecular weight excluding hydrogens is 532 g/mol. The van der Waals surface area contributed by atoms with Gasteiger partial charge in [0.2, 0.25) is 0 Å². The van der Waals surface area contributed by atoms with Crippen LogP contribution in [0.25, 0.3) is 0 Å². The Morgan fingerprint density at radius 1 is 0.905 bits per heavy atom. The molecule has 0 aromatic heterocycles. The molecule has 7 nitrogen and oxygen atoms in total. The first-order valence-corrected chi connectivity index (χ1v) is 16.9. The van der Waals surface area contributed by atoms with Crippen molar-refractivity contribution >= 4 is 11.9 Å². The molecule has 7 aliphatic rings. The third-order valence-corrected chi connectivity index (χ3v) is 14.5. The zero-order valence-corrected chi connectivity index (χ0v) is 27.0. The predicted octanol–water partition coefficient (Wildman–Crippen LogP) is 5.84. The number of rotatable bonds is 5. The molecule has 42 heavy (non-hydrogen) atoms. The van der Waals surface area contributed by atoms with E-state index in [9.17, 15) is 14.7 Å². The molecule has 7 fully saturated rings. The van der Waals surface area contributed by atoms with Gasteiger partial charge in [-0.1, -0.05) is 20.8 Å². The molecule has 5 saturated carbocycles. The highest BCUT2D eigenvalue weighted by molar-refractivity contribution is 5.77. The van der Waals surface area contributed by atoms with Crippen LogP contribution in [0.4, 0.5) is 0 Å². The van der Waals surface area contributed by atoms with Crippen molar-refractivity contribution in [3.8, 4) is 0 Å². The van der Waals surface area contributed by atoms with E-state index >= 15 is 0 Å². The summed E-state index contributed by atoms with van der Waals surface area (Å²) in [6, 6.07) is 0. The number of fused-ring (bicyclic) bond motifs is 4. The maximum atomic E-state index is 13.1. The van der Waals surface area contributed by atoms with Crippen LogP contribution in [0.3, 0.4) is 0 Å². The molecule has 0 aromatic rings. The first-order valence-electron chi connectivity index (χ1n) is 16.9. The molecule has 7 rings (SSSR count). The van der Waals surface area contributed by atoms with E-state index in [1.807, 2.05) is 6.92 Å². The number of carbonyl (C=O) groups is 2. The van der Waals surface area contributed by atoms with Crippen molar-refractivity contribution in [3.05, 3.63) is 0 Å². The van der Waals surface area contributed by atoms with Gasteiger partial charge in [-0.3, -0.25) is 9.59 Å². The Bertz CT molecular complexity index is 1140. The number of hydrogen-bond donors (Lipinski definition) is 1. The van der Waals surface area contributed by atoms with Gasteiger partial charge in [0.25, 0.3) is 0 Å². The lowest BCUT2D eigenvalue weighted by Crippen LogP contribution is -2.56. The maximum absolute atomic E-state index is 13.1. The number of aliphatic hydroxyl groups is 1. The molecule has 8 unspecified atom stereocenters. The molecule has 0 amide bonds. The fourth-order valence-electron chi connectivity index (χ4n) is 12.3. The van der Waals surface area contributed by atoms with Crippen molar-refractivity contribution in [2.45, 2.75) is 143 Å². The molecule has 0 radical (unpaired) electrons. The summed E-state index contributed by atoms with van der Waals surface area (Å²) in [6.45, 7) is 15.1. The number of hydrogen-bond acceptors (Lipinski definition) is 7. The van der Waals surface area contributed by atoms with Gasteiger partial charge in [0.15, 0.2) is 6.10 Å². The van der Waals surface area contributed by atoms with Crippen LogP contribution in [0.15, 0.2) is 0 Å². The van der Waals surface area contributed by atoms with Crippen molar-refractivity contribution in [1.82, 2.24) is 0 Å². The number of ether oxygens (including phenoxy) is 4. The summed E-state index contributed by atoms with van der Waals surface area (Å²) < 4.78 is 24.1. The van der Waals surface area contributed by atoms with Gasteiger partial charge in [-0.05, 0) is 125 Å². The monoisotopic (exact) mass is 586 g/mol. The minimum absolute atomic E-state index is 0.0123. The molecule has 5 aliphatic carbocycles. The van der Waals surface area contributed by atoms with Crippen LogP contribution >= 0.6 is 0 Å². The lowest BCUT2D eigenvalue weighted by Gasteiger charge is -2.59. The topological polar surface area (TPSA) is 91.3 Å².